The normalized spacial score (nSPS) is 39.8. The Labute approximate surface area is 92.9 Å². The molecule has 2 aliphatic carbocycles. The molecule has 0 aromatic heterocycles. The highest BCUT2D eigenvalue weighted by Gasteiger charge is 2.37. The van der Waals surface area contributed by atoms with E-state index in [-0.39, 0.29) is 0 Å². The zero-order valence-electron chi connectivity index (χ0n) is 10.1. The molecule has 0 saturated heterocycles. The van der Waals surface area contributed by atoms with E-state index in [4.69, 9.17) is 0 Å². The summed E-state index contributed by atoms with van der Waals surface area (Å²) in [4.78, 5) is 11.3. The number of carbonyl (C=O) groups excluding carboxylic acids is 1. The number of hydrogen-bond acceptors (Lipinski definition) is 1. The van der Waals surface area contributed by atoms with Gasteiger partial charge < -0.3 is 4.79 Å². The lowest BCUT2D eigenvalue weighted by Crippen LogP contribution is -2.34. The minimum Gasteiger partial charge on any atom is -0.300 e. The number of Topliss-reactive ketones (excluding diaryl/α,β-unsaturated/α-hetero) is 1. The van der Waals surface area contributed by atoms with Gasteiger partial charge >= 0.3 is 0 Å². The van der Waals surface area contributed by atoms with Gasteiger partial charge in [-0.1, -0.05) is 18.6 Å². The van der Waals surface area contributed by atoms with Gasteiger partial charge in [-0.05, 0) is 56.8 Å². The van der Waals surface area contributed by atoms with Gasteiger partial charge in [-0.3, -0.25) is 0 Å². The van der Waals surface area contributed by atoms with Gasteiger partial charge in [0.1, 0.15) is 5.78 Å². The second-order valence-electron chi connectivity index (χ2n) is 5.67. The monoisotopic (exact) mass is 206 g/mol. The summed E-state index contributed by atoms with van der Waals surface area (Å²) in [6.07, 6.45) is 7.09. The third-order valence-corrected chi connectivity index (χ3v) is 4.48. The van der Waals surface area contributed by atoms with Crippen LogP contribution in [0.5, 0.6) is 0 Å². The van der Waals surface area contributed by atoms with Crippen molar-refractivity contribution in [3.8, 4) is 0 Å². The molecular formula is C14H22O. The molecule has 0 aliphatic heterocycles. The van der Waals surface area contributed by atoms with Crippen molar-refractivity contribution in [3.05, 3.63) is 11.6 Å². The number of carbonyl (C=O) groups is 1. The van der Waals surface area contributed by atoms with Crippen LogP contribution < -0.4 is 0 Å². The van der Waals surface area contributed by atoms with Gasteiger partial charge in [0.05, 0.1) is 0 Å². The molecule has 4 atom stereocenters. The smallest absolute Gasteiger partial charge is 0.130 e. The summed E-state index contributed by atoms with van der Waals surface area (Å²) in [7, 11) is 0. The molecule has 15 heavy (non-hydrogen) atoms. The standard InChI is InChI=1S/C14H22O/c1-9-4-5-12-8-14(9)13(6-10(12)2)7-11(3)15/h4,10,12-14H,5-8H2,1-3H3. The molecule has 0 aromatic carbocycles. The van der Waals surface area contributed by atoms with Gasteiger partial charge in [-0.2, -0.15) is 0 Å². The van der Waals surface area contributed by atoms with Crippen molar-refractivity contribution in [2.24, 2.45) is 23.7 Å². The lowest BCUT2D eigenvalue weighted by molar-refractivity contribution is -0.118. The summed E-state index contributed by atoms with van der Waals surface area (Å²) in [5.74, 6) is 3.41. The summed E-state index contributed by atoms with van der Waals surface area (Å²) in [6.45, 7) is 6.35. The zero-order chi connectivity index (χ0) is 11.0. The average molecular weight is 206 g/mol. The maximum Gasteiger partial charge on any atom is 0.130 e. The lowest BCUT2D eigenvalue weighted by Gasteiger charge is -2.43. The van der Waals surface area contributed by atoms with Gasteiger partial charge in [0, 0.05) is 6.42 Å². The molecule has 2 bridgehead atoms. The van der Waals surface area contributed by atoms with Crippen LogP contribution in [0.4, 0.5) is 0 Å². The summed E-state index contributed by atoms with van der Waals surface area (Å²) in [5, 5.41) is 0. The molecule has 0 spiro atoms. The second-order valence-corrected chi connectivity index (χ2v) is 5.67. The van der Waals surface area contributed by atoms with Crippen molar-refractivity contribution in [1.82, 2.24) is 0 Å². The van der Waals surface area contributed by atoms with Crippen LogP contribution in [0.15, 0.2) is 11.6 Å². The van der Waals surface area contributed by atoms with E-state index in [0.717, 1.165) is 18.3 Å². The molecule has 2 rings (SSSR count). The Morgan fingerprint density at radius 2 is 2.20 bits per heavy atom. The highest BCUT2D eigenvalue weighted by molar-refractivity contribution is 5.75. The summed E-state index contributed by atoms with van der Waals surface area (Å²) < 4.78 is 0. The summed E-state index contributed by atoms with van der Waals surface area (Å²) in [6, 6.07) is 0. The fraction of sp³-hybridized carbons (Fsp3) is 0.786. The Balaban J connectivity index is 2.14. The van der Waals surface area contributed by atoms with Crippen LogP contribution in [-0.2, 0) is 4.79 Å². The molecular weight excluding hydrogens is 184 g/mol. The van der Waals surface area contributed by atoms with E-state index in [1.807, 2.05) is 0 Å². The molecule has 84 valence electrons. The molecule has 4 unspecified atom stereocenters. The number of fused-ring (bicyclic) bond motifs is 2. The van der Waals surface area contributed by atoms with E-state index < -0.39 is 0 Å². The third-order valence-electron chi connectivity index (χ3n) is 4.48. The van der Waals surface area contributed by atoms with E-state index in [1.54, 1.807) is 12.5 Å². The predicted octanol–water partition coefficient (Wildman–Crippen LogP) is 3.59. The highest BCUT2D eigenvalue weighted by Crippen LogP contribution is 2.47. The number of rotatable bonds is 2. The highest BCUT2D eigenvalue weighted by atomic mass is 16.1. The molecule has 2 aliphatic rings. The number of allylic oxidation sites excluding steroid dienone is 2. The van der Waals surface area contributed by atoms with Crippen molar-refractivity contribution < 1.29 is 4.79 Å². The first-order valence-corrected chi connectivity index (χ1v) is 6.24. The first-order chi connectivity index (χ1) is 7.08. The number of ketones is 1. The SMILES string of the molecule is CC(=O)CC1CC(C)C2CC=C(C)C1C2. The van der Waals surface area contributed by atoms with Crippen LogP contribution in [0.2, 0.25) is 0 Å². The van der Waals surface area contributed by atoms with E-state index in [9.17, 15) is 4.79 Å². The lowest BCUT2D eigenvalue weighted by atomic mass is 9.62. The zero-order valence-corrected chi connectivity index (χ0v) is 10.1. The third kappa shape index (κ3) is 2.16. The Morgan fingerprint density at radius 3 is 2.87 bits per heavy atom. The quantitative estimate of drug-likeness (QED) is 0.631. The van der Waals surface area contributed by atoms with E-state index in [1.165, 1.54) is 19.3 Å². The second kappa shape index (κ2) is 4.11. The Bertz CT molecular complexity index is 290. The average Bonchev–Trinajstić information content (AvgIpc) is 2.15. The Kier molecular flexibility index (Phi) is 2.99. The van der Waals surface area contributed by atoms with Gasteiger partial charge in [-0.15, -0.1) is 0 Å². The van der Waals surface area contributed by atoms with Gasteiger partial charge in [0.25, 0.3) is 0 Å². The molecule has 1 fully saturated rings. The van der Waals surface area contributed by atoms with Crippen LogP contribution >= 0.6 is 0 Å². The first-order valence-electron chi connectivity index (χ1n) is 6.24. The van der Waals surface area contributed by atoms with Crippen molar-refractivity contribution in [2.45, 2.75) is 46.5 Å². The van der Waals surface area contributed by atoms with Gasteiger partial charge in [0.15, 0.2) is 0 Å². The minimum absolute atomic E-state index is 0.365. The Hall–Kier alpha value is -0.590. The molecule has 1 saturated carbocycles. The van der Waals surface area contributed by atoms with Crippen LogP contribution in [0, 0.1) is 23.7 Å². The predicted molar refractivity (Wildman–Crippen MR) is 62.5 cm³/mol. The van der Waals surface area contributed by atoms with E-state index in [2.05, 4.69) is 19.9 Å². The van der Waals surface area contributed by atoms with E-state index in [0.29, 0.717) is 17.6 Å². The van der Waals surface area contributed by atoms with Crippen molar-refractivity contribution in [3.63, 3.8) is 0 Å². The van der Waals surface area contributed by atoms with Crippen molar-refractivity contribution in [1.29, 1.82) is 0 Å². The molecule has 0 amide bonds. The molecule has 0 heterocycles. The fourth-order valence-corrected chi connectivity index (χ4v) is 3.55. The summed E-state index contributed by atoms with van der Waals surface area (Å²) in [5.41, 5.74) is 1.55. The molecule has 0 N–H and O–H groups in total. The van der Waals surface area contributed by atoms with Gasteiger partial charge in [0.2, 0.25) is 0 Å². The minimum atomic E-state index is 0.365. The van der Waals surface area contributed by atoms with Gasteiger partial charge in [-0.25, -0.2) is 0 Å². The molecule has 0 aromatic rings. The molecule has 0 radical (unpaired) electrons. The fourth-order valence-electron chi connectivity index (χ4n) is 3.55. The van der Waals surface area contributed by atoms with Crippen LogP contribution in [0.25, 0.3) is 0 Å². The maximum atomic E-state index is 11.3. The van der Waals surface area contributed by atoms with Crippen LogP contribution in [0.1, 0.15) is 46.5 Å². The summed E-state index contributed by atoms with van der Waals surface area (Å²) >= 11 is 0. The van der Waals surface area contributed by atoms with Crippen LogP contribution in [-0.4, -0.2) is 5.78 Å². The van der Waals surface area contributed by atoms with Crippen LogP contribution in [0.3, 0.4) is 0 Å². The van der Waals surface area contributed by atoms with E-state index >= 15 is 0 Å². The van der Waals surface area contributed by atoms with Crippen molar-refractivity contribution >= 4 is 5.78 Å². The first kappa shape index (κ1) is 10.9. The van der Waals surface area contributed by atoms with Crippen molar-refractivity contribution in [2.75, 3.05) is 0 Å². The number of hydrogen-bond donors (Lipinski definition) is 0. The largest absolute Gasteiger partial charge is 0.300 e. The Morgan fingerprint density at radius 1 is 1.47 bits per heavy atom. The topological polar surface area (TPSA) is 17.1 Å². The molecule has 1 nitrogen and oxygen atoms in total. The molecule has 1 heteroatoms. The maximum absolute atomic E-state index is 11.3.